The number of allylic oxidation sites excluding steroid dienone is 2. The Labute approximate surface area is 208 Å². The number of aliphatic hydroxyl groups excluding tert-OH is 2. The second-order valence-corrected chi connectivity index (χ2v) is 11.3. The van der Waals surface area contributed by atoms with Crippen molar-refractivity contribution >= 4 is 28.7 Å². The molecule has 2 heterocycles. The fourth-order valence-corrected chi connectivity index (χ4v) is 5.16. The third kappa shape index (κ3) is 7.09. The van der Waals surface area contributed by atoms with E-state index >= 15 is 0 Å². The van der Waals surface area contributed by atoms with Crippen molar-refractivity contribution in [2.24, 2.45) is 17.3 Å². The van der Waals surface area contributed by atoms with Crippen LogP contribution in [-0.4, -0.2) is 45.3 Å². The molecule has 5 atom stereocenters. The van der Waals surface area contributed by atoms with E-state index in [1.54, 1.807) is 32.1 Å². The number of ketones is 1. The van der Waals surface area contributed by atoms with E-state index < -0.39 is 35.6 Å². The number of aromatic nitrogens is 1. The maximum Gasteiger partial charge on any atom is 0.309 e. The summed E-state index contributed by atoms with van der Waals surface area (Å²) < 4.78 is 5.87. The molecule has 2 N–H and O–H groups in total. The molecule has 1 aliphatic rings. The Bertz CT molecular complexity index is 916. The normalized spacial score (nSPS) is 32.1. The van der Waals surface area contributed by atoms with Crippen molar-refractivity contribution in [3.8, 4) is 0 Å². The highest BCUT2D eigenvalue weighted by molar-refractivity contribution is 7.09. The van der Waals surface area contributed by atoms with Crippen LogP contribution in [-0.2, 0) is 14.3 Å². The van der Waals surface area contributed by atoms with Gasteiger partial charge in [-0.2, -0.15) is 0 Å². The fourth-order valence-electron chi connectivity index (χ4n) is 4.54. The van der Waals surface area contributed by atoms with Crippen molar-refractivity contribution in [2.75, 3.05) is 0 Å². The minimum Gasteiger partial charge on any atom is -0.457 e. The Morgan fingerprint density at radius 3 is 2.50 bits per heavy atom. The predicted octanol–water partition coefficient (Wildman–Crippen LogP) is 5.27. The fraction of sp³-hybridized carbons (Fsp3) is 0.667. The number of carbonyl (C=O) groups is 2. The molecule has 0 fully saturated rings. The van der Waals surface area contributed by atoms with Gasteiger partial charge in [-0.25, -0.2) is 4.98 Å². The number of hydrogen-bond acceptors (Lipinski definition) is 7. The van der Waals surface area contributed by atoms with Gasteiger partial charge in [-0.15, -0.1) is 11.3 Å². The average Bonchev–Trinajstić information content (AvgIpc) is 3.21. The number of hydrogen-bond donors (Lipinski definition) is 2. The minimum absolute atomic E-state index is 0.0483. The number of aliphatic hydroxyl groups is 2. The van der Waals surface area contributed by atoms with Gasteiger partial charge in [-0.3, -0.25) is 9.59 Å². The maximum atomic E-state index is 13.2. The van der Waals surface area contributed by atoms with Crippen LogP contribution in [0.25, 0.3) is 5.57 Å². The molecular formula is C27H41NO5S. The summed E-state index contributed by atoms with van der Waals surface area (Å²) in [4.78, 5) is 30.7. The van der Waals surface area contributed by atoms with Gasteiger partial charge < -0.3 is 14.9 Å². The Morgan fingerprint density at radius 2 is 1.91 bits per heavy atom. The number of Topliss-reactive ketones (excluding diaryl/α,β-unsaturated/α-hetero) is 1. The summed E-state index contributed by atoms with van der Waals surface area (Å²) in [5.41, 5.74) is 1.61. The van der Waals surface area contributed by atoms with Crippen LogP contribution in [0.15, 0.2) is 23.1 Å². The van der Waals surface area contributed by atoms with Gasteiger partial charge in [0.15, 0.2) is 0 Å². The number of cyclic esters (lactones) is 1. The molecule has 1 aromatic heterocycles. The van der Waals surface area contributed by atoms with Gasteiger partial charge in [0.05, 0.1) is 34.7 Å². The molecule has 0 saturated carbocycles. The van der Waals surface area contributed by atoms with Crippen molar-refractivity contribution in [3.05, 3.63) is 33.8 Å². The van der Waals surface area contributed by atoms with E-state index in [2.05, 4.69) is 18.0 Å². The minimum atomic E-state index is -1.22. The van der Waals surface area contributed by atoms with Crippen molar-refractivity contribution in [3.63, 3.8) is 0 Å². The van der Waals surface area contributed by atoms with E-state index in [9.17, 15) is 19.8 Å². The van der Waals surface area contributed by atoms with E-state index in [-0.39, 0.29) is 18.1 Å². The van der Waals surface area contributed by atoms with Gasteiger partial charge in [0.1, 0.15) is 11.9 Å². The van der Waals surface area contributed by atoms with Crippen LogP contribution >= 0.6 is 11.3 Å². The highest BCUT2D eigenvalue weighted by Crippen LogP contribution is 2.33. The maximum absolute atomic E-state index is 13.2. The summed E-state index contributed by atoms with van der Waals surface area (Å²) in [6.45, 7) is 12.8. The first-order chi connectivity index (χ1) is 15.9. The molecule has 6 nitrogen and oxygen atoms in total. The summed E-state index contributed by atoms with van der Waals surface area (Å²) in [6.07, 6.45) is 4.21. The Morgan fingerprint density at radius 1 is 1.24 bits per heavy atom. The zero-order valence-corrected chi connectivity index (χ0v) is 22.4. The predicted molar refractivity (Wildman–Crippen MR) is 136 cm³/mol. The molecule has 0 saturated heterocycles. The molecule has 0 bridgehead atoms. The van der Waals surface area contributed by atoms with Gasteiger partial charge in [0.2, 0.25) is 0 Å². The molecule has 7 heteroatoms. The Balaban J connectivity index is 2.38. The molecule has 1 aliphatic heterocycles. The van der Waals surface area contributed by atoms with Crippen LogP contribution < -0.4 is 0 Å². The number of esters is 1. The van der Waals surface area contributed by atoms with E-state index in [1.807, 2.05) is 32.2 Å². The van der Waals surface area contributed by atoms with Crippen LogP contribution in [0, 0.1) is 24.2 Å². The van der Waals surface area contributed by atoms with Crippen molar-refractivity contribution in [2.45, 2.75) is 98.9 Å². The summed E-state index contributed by atoms with van der Waals surface area (Å²) >= 11 is 1.54. The number of carbonyl (C=O) groups excluding carboxylic acids is 2. The zero-order chi connectivity index (χ0) is 25.6. The van der Waals surface area contributed by atoms with Crippen LogP contribution in [0.1, 0.15) is 84.3 Å². The average molecular weight is 492 g/mol. The lowest BCUT2D eigenvalue weighted by atomic mass is 9.73. The summed E-state index contributed by atoms with van der Waals surface area (Å²) in [6, 6.07) is 0. The number of ether oxygens (including phenoxy) is 1. The molecule has 0 unspecified atom stereocenters. The molecule has 0 spiro atoms. The highest BCUT2D eigenvalue weighted by Gasteiger charge is 2.42. The molecule has 0 radical (unpaired) electrons. The molecule has 2 rings (SSSR count). The Kier molecular flexibility index (Phi) is 10.2. The quantitative estimate of drug-likeness (QED) is 0.432. The third-order valence-electron chi connectivity index (χ3n) is 7.09. The lowest BCUT2D eigenvalue weighted by molar-refractivity contribution is -0.153. The molecule has 34 heavy (non-hydrogen) atoms. The zero-order valence-electron chi connectivity index (χ0n) is 21.6. The first kappa shape index (κ1) is 28.4. The molecule has 190 valence electrons. The summed E-state index contributed by atoms with van der Waals surface area (Å²) in [5.74, 6) is -1.51. The van der Waals surface area contributed by atoms with Crippen LogP contribution in [0.5, 0.6) is 0 Å². The smallest absolute Gasteiger partial charge is 0.309 e. The van der Waals surface area contributed by atoms with Gasteiger partial charge in [0, 0.05) is 23.3 Å². The lowest BCUT2D eigenvalue weighted by Gasteiger charge is -2.34. The highest BCUT2D eigenvalue weighted by atomic mass is 32.1. The Hall–Kier alpha value is -1.83. The van der Waals surface area contributed by atoms with Crippen LogP contribution in [0.3, 0.4) is 0 Å². The molecule has 0 aliphatic carbocycles. The molecule has 1 aromatic rings. The molecular weight excluding hydrogens is 450 g/mol. The summed E-state index contributed by atoms with van der Waals surface area (Å²) in [7, 11) is 0. The van der Waals surface area contributed by atoms with Gasteiger partial charge >= 0.3 is 5.97 Å². The van der Waals surface area contributed by atoms with Crippen molar-refractivity contribution in [1.82, 2.24) is 4.98 Å². The number of nitrogens with zero attached hydrogens (tertiary/aromatic N) is 1. The SMILES string of the molecule is C/C=C(\c1csc(C)n1)[C@@H]1C/C=C(\C)CCC[C@H](C)[C@H](O)[C@H](C)C(=O)C(C)(C)[C@H](O)CC(=O)O1. The van der Waals surface area contributed by atoms with E-state index in [1.165, 1.54) is 5.57 Å². The van der Waals surface area contributed by atoms with Gasteiger partial charge in [-0.1, -0.05) is 45.4 Å². The van der Waals surface area contributed by atoms with Crippen LogP contribution in [0.2, 0.25) is 0 Å². The number of rotatable bonds is 2. The van der Waals surface area contributed by atoms with E-state index in [4.69, 9.17) is 4.74 Å². The molecule has 0 amide bonds. The third-order valence-corrected chi connectivity index (χ3v) is 7.87. The second kappa shape index (κ2) is 12.2. The topological polar surface area (TPSA) is 96.7 Å². The largest absolute Gasteiger partial charge is 0.457 e. The van der Waals surface area contributed by atoms with Gasteiger partial charge in [-0.05, 0) is 46.0 Å². The second-order valence-electron chi connectivity index (χ2n) is 10.2. The number of thiazole rings is 1. The lowest BCUT2D eigenvalue weighted by Crippen LogP contribution is -2.45. The monoisotopic (exact) mass is 491 g/mol. The summed E-state index contributed by atoms with van der Waals surface area (Å²) in [5, 5.41) is 24.5. The number of aryl methyl sites for hydroxylation is 1. The first-order valence-electron chi connectivity index (χ1n) is 12.2. The van der Waals surface area contributed by atoms with Gasteiger partial charge in [0.25, 0.3) is 0 Å². The van der Waals surface area contributed by atoms with E-state index in [0.29, 0.717) is 6.42 Å². The van der Waals surface area contributed by atoms with Crippen molar-refractivity contribution < 1.29 is 24.5 Å². The first-order valence-corrected chi connectivity index (χ1v) is 13.1. The van der Waals surface area contributed by atoms with E-state index in [0.717, 1.165) is 35.5 Å². The van der Waals surface area contributed by atoms with Crippen molar-refractivity contribution in [1.29, 1.82) is 0 Å². The van der Waals surface area contributed by atoms with Crippen LogP contribution in [0.4, 0.5) is 0 Å². The molecule has 0 aromatic carbocycles. The standard InChI is InChI=1S/C27H41NO5S/c1-8-20(21-15-34-19(5)28-21)22-13-12-16(2)10-9-11-17(3)25(31)18(4)26(32)27(6,7)23(29)14-24(30)33-22/h8,12,15,17-18,22-23,25,29,31H,9-11,13-14H2,1-7H3/b16-12+,20-8+/t17-,18-,22-,23+,25-/m0/s1.